The minimum absolute atomic E-state index is 0.0143. The zero-order chi connectivity index (χ0) is 18.6. The number of carbonyl (C=O) groups excluding carboxylic acids is 1. The Morgan fingerprint density at radius 2 is 1.76 bits per heavy atom. The van der Waals surface area contributed by atoms with Crippen molar-refractivity contribution < 1.29 is 22.7 Å². The van der Waals surface area contributed by atoms with Gasteiger partial charge in [-0.2, -0.15) is 13.2 Å². The average molecular weight is 372 g/mol. The number of amides is 1. The monoisotopic (exact) mass is 371 g/mol. The molecular formula is C18H17ClF3NO2. The van der Waals surface area contributed by atoms with E-state index in [0.29, 0.717) is 5.75 Å². The number of hydrogen-bond donors (Lipinski definition) is 1. The summed E-state index contributed by atoms with van der Waals surface area (Å²) in [7, 11) is 0. The lowest BCUT2D eigenvalue weighted by molar-refractivity contribution is -0.137. The first-order valence-corrected chi connectivity index (χ1v) is 7.90. The molecule has 0 bridgehead atoms. The third-order valence-electron chi connectivity index (χ3n) is 3.36. The third-order valence-corrected chi connectivity index (χ3v) is 3.69. The fraction of sp³-hybridized carbons (Fsp3) is 0.278. The molecule has 3 nitrogen and oxygen atoms in total. The highest BCUT2D eigenvalue weighted by molar-refractivity contribution is 6.33. The molecule has 2 aromatic carbocycles. The predicted octanol–water partition coefficient (Wildman–Crippen LogP) is 5.38. The van der Waals surface area contributed by atoms with Crippen LogP contribution in [0.15, 0.2) is 36.4 Å². The number of nitrogens with one attached hydrogen (secondary N) is 1. The van der Waals surface area contributed by atoms with Crippen molar-refractivity contribution in [1.29, 1.82) is 0 Å². The molecular weight excluding hydrogens is 355 g/mol. The van der Waals surface area contributed by atoms with Crippen molar-refractivity contribution in [3.05, 3.63) is 58.1 Å². The fourth-order valence-electron chi connectivity index (χ4n) is 2.29. The van der Waals surface area contributed by atoms with Gasteiger partial charge in [0.1, 0.15) is 5.75 Å². The molecule has 2 aromatic rings. The predicted molar refractivity (Wildman–Crippen MR) is 91.1 cm³/mol. The molecule has 0 aromatic heterocycles. The second-order valence-electron chi connectivity index (χ2n) is 5.66. The summed E-state index contributed by atoms with van der Waals surface area (Å²) in [5.74, 6) is 0.160. The second-order valence-corrected chi connectivity index (χ2v) is 6.07. The number of carbonyl (C=O) groups is 1. The number of ether oxygens (including phenoxy) is 1. The van der Waals surface area contributed by atoms with Crippen LogP contribution in [-0.4, -0.2) is 12.5 Å². The molecule has 1 amide bonds. The highest BCUT2D eigenvalue weighted by Crippen LogP contribution is 2.33. The first-order valence-electron chi connectivity index (χ1n) is 7.53. The molecule has 134 valence electrons. The van der Waals surface area contributed by atoms with Crippen LogP contribution in [0, 0.1) is 13.8 Å². The summed E-state index contributed by atoms with van der Waals surface area (Å²) in [6.07, 6.45) is -4.52. The Hall–Kier alpha value is -2.21. The maximum absolute atomic E-state index is 12.7. The molecule has 0 aliphatic heterocycles. The number of aryl methyl sites for hydroxylation is 2. The van der Waals surface area contributed by atoms with E-state index >= 15 is 0 Å². The number of benzene rings is 2. The summed E-state index contributed by atoms with van der Waals surface area (Å²) in [5, 5.41) is 2.42. The molecule has 1 N–H and O–H groups in total. The molecule has 0 heterocycles. The standard InChI is InChI=1S/C18H17ClF3NO2/c1-11-7-12(2)9-14(8-11)25-6-5-17(24)23-16-10-13(18(20,21)22)3-4-15(16)19/h3-4,7-10H,5-6H2,1-2H3,(H,23,24). The fourth-order valence-corrected chi connectivity index (χ4v) is 2.45. The zero-order valence-electron chi connectivity index (χ0n) is 13.7. The maximum Gasteiger partial charge on any atom is 0.416 e. The van der Waals surface area contributed by atoms with Gasteiger partial charge in [-0.15, -0.1) is 0 Å². The molecule has 0 unspecified atom stereocenters. The lowest BCUT2D eigenvalue weighted by Gasteiger charge is -2.12. The van der Waals surface area contributed by atoms with E-state index in [0.717, 1.165) is 29.3 Å². The van der Waals surface area contributed by atoms with Gasteiger partial charge in [0.15, 0.2) is 0 Å². The largest absolute Gasteiger partial charge is 0.493 e. The van der Waals surface area contributed by atoms with Crippen molar-refractivity contribution in [1.82, 2.24) is 0 Å². The van der Waals surface area contributed by atoms with Crippen LogP contribution in [0.1, 0.15) is 23.1 Å². The molecule has 0 aliphatic carbocycles. The minimum Gasteiger partial charge on any atom is -0.493 e. The molecule has 0 atom stereocenters. The normalized spacial score (nSPS) is 11.3. The summed E-state index contributed by atoms with van der Waals surface area (Å²) >= 11 is 5.84. The zero-order valence-corrected chi connectivity index (χ0v) is 14.5. The molecule has 0 saturated carbocycles. The van der Waals surface area contributed by atoms with Gasteiger partial charge >= 0.3 is 6.18 Å². The Morgan fingerprint density at radius 3 is 2.36 bits per heavy atom. The molecule has 7 heteroatoms. The quantitative estimate of drug-likeness (QED) is 0.766. The van der Waals surface area contributed by atoms with Gasteiger partial charge < -0.3 is 10.1 Å². The first-order chi connectivity index (χ1) is 11.6. The molecule has 0 aliphatic rings. The van der Waals surface area contributed by atoms with Crippen LogP contribution in [0.25, 0.3) is 0 Å². The highest BCUT2D eigenvalue weighted by Gasteiger charge is 2.31. The third kappa shape index (κ3) is 5.67. The SMILES string of the molecule is Cc1cc(C)cc(OCCC(=O)Nc2cc(C(F)(F)F)ccc2Cl)c1. The van der Waals surface area contributed by atoms with Gasteiger partial charge in [0, 0.05) is 0 Å². The van der Waals surface area contributed by atoms with Gasteiger partial charge in [0.2, 0.25) is 5.91 Å². The van der Waals surface area contributed by atoms with E-state index in [1.54, 1.807) is 0 Å². The highest BCUT2D eigenvalue weighted by atomic mass is 35.5. The van der Waals surface area contributed by atoms with E-state index in [1.807, 2.05) is 32.0 Å². The van der Waals surface area contributed by atoms with Crippen molar-refractivity contribution in [3.63, 3.8) is 0 Å². The first kappa shape index (κ1) is 19.1. The Morgan fingerprint density at radius 1 is 1.12 bits per heavy atom. The summed E-state index contributed by atoms with van der Waals surface area (Å²) < 4.78 is 43.7. The molecule has 0 radical (unpaired) electrons. The van der Waals surface area contributed by atoms with Crippen molar-refractivity contribution in [3.8, 4) is 5.75 Å². The van der Waals surface area contributed by atoms with Crippen LogP contribution in [0.2, 0.25) is 5.02 Å². The summed E-state index contributed by atoms with van der Waals surface area (Å²) in [6.45, 7) is 3.97. The number of halogens is 4. The Labute approximate surface area is 148 Å². The van der Waals surface area contributed by atoms with E-state index < -0.39 is 17.6 Å². The van der Waals surface area contributed by atoms with Crippen LogP contribution in [0.4, 0.5) is 18.9 Å². The molecule has 2 rings (SSSR count). The van der Waals surface area contributed by atoms with Gasteiger partial charge in [-0.05, 0) is 55.3 Å². The molecule has 0 spiro atoms. The maximum atomic E-state index is 12.7. The van der Waals surface area contributed by atoms with Crippen LogP contribution in [0.3, 0.4) is 0 Å². The minimum atomic E-state index is -4.50. The van der Waals surface area contributed by atoms with Gasteiger partial charge in [0.25, 0.3) is 0 Å². The lowest BCUT2D eigenvalue weighted by Crippen LogP contribution is -2.16. The Bertz CT molecular complexity index is 755. The van der Waals surface area contributed by atoms with Gasteiger partial charge in [-0.1, -0.05) is 17.7 Å². The van der Waals surface area contributed by atoms with E-state index in [2.05, 4.69) is 5.32 Å². The van der Waals surface area contributed by atoms with E-state index in [4.69, 9.17) is 16.3 Å². The smallest absolute Gasteiger partial charge is 0.416 e. The average Bonchev–Trinajstić information content (AvgIpc) is 2.47. The Kier molecular flexibility index (Phi) is 5.95. The number of rotatable bonds is 5. The van der Waals surface area contributed by atoms with E-state index in [-0.39, 0.29) is 23.7 Å². The van der Waals surface area contributed by atoms with Gasteiger partial charge in [-0.25, -0.2) is 0 Å². The topological polar surface area (TPSA) is 38.3 Å². The number of hydrogen-bond acceptors (Lipinski definition) is 2. The summed E-state index contributed by atoms with van der Waals surface area (Å²) in [5.41, 5.74) is 1.12. The molecule has 25 heavy (non-hydrogen) atoms. The van der Waals surface area contributed by atoms with E-state index in [1.165, 1.54) is 0 Å². The van der Waals surface area contributed by atoms with Crippen molar-refractivity contribution >= 4 is 23.2 Å². The van der Waals surface area contributed by atoms with Crippen LogP contribution >= 0.6 is 11.6 Å². The second kappa shape index (κ2) is 7.78. The number of anilines is 1. The molecule has 0 fully saturated rings. The van der Waals surface area contributed by atoms with Gasteiger partial charge in [-0.3, -0.25) is 4.79 Å². The lowest BCUT2D eigenvalue weighted by atomic mass is 10.1. The van der Waals surface area contributed by atoms with E-state index in [9.17, 15) is 18.0 Å². The van der Waals surface area contributed by atoms with Gasteiger partial charge in [0.05, 0.1) is 29.3 Å². The van der Waals surface area contributed by atoms with Crippen LogP contribution in [0.5, 0.6) is 5.75 Å². The van der Waals surface area contributed by atoms with Crippen LogP contribution in [-0.2, 0) is 11.0 Å². The summed E-state index contributed by atoms with van der Waals surface area (Å²) in [4.78, 5) is 11.9. The summed E-state index contributed by atoms with van der Waals surface area (Å²) in [6, 6.07) is 8.45. The Balaban J connectivity index is 1.94. The molecule has 0 saturated heterocycles. The van der Waals surface area contributed by atoms with Crippen LogP contribution < -0.4 is 10.1 Å². The van der Waals surface area contributed by atoms with Crippen molar-refractivity contribution in [2.24, 2.45) is 0 Å². The van der Waals surface area contributed by atoms with Crippen molar-refractivity contribution in [2.75, 3.05) is 11.9 Å². The number of alkyl halides is 3. The van der Waals surface area contributed by atoms with Crippen molar-refractivity contribution in [2.45, 2.75) is 26.4 Å².